The number of nitrogens with one attached hydrogen (secondary N) is 1. The summed E-state index contributed by atoms with van der Waals surface area (Å²) in [6.45, 7) is 13.1. The lowest BCUT2D eigenvalue weighted by molar-refractivity contribution is -0.909. The summed E-state index contributed by atoms with van der Waals surface area (Å²) in [6.07, 6.45) is 9.78. The first-order valence-electron chi connectivity index (χ1n) is 15.1. The van der Waals surface area contributed by atoms with E-state index >= 15 is 0 Å². The second-order valence-electron chi connectivity index (χ2n) is 12.3. The average molecular weight is 535 g/mol. The van der Waals surface area contributed by atoms with Gasteiger partial charge in [0, 0.05) is 49.9 Å². The second-order valence-corrected chi connectivity index (χ2v) is 12.3. The first-order chi connectivity index (χ1) is 19.0. The van der Waals surface area contributed by atoms with Crippen LogP contribution in [0.25, 0.3) is 17.3 Å². The molecule has 3 aliphatic rings. The van der Waals surface area contributed by atoms with Crippen LogP contribution < -0.4 is 10.2 Å². The maximum atomic E-state index is 9.87. The summed E-state index contributed by atoms with van der Waals surface area (Å²) in [5.74, 6) is 3.17. The lowest BCUT2D eigenvalue weighted by Gasteiger charge is -2.40. The van der Waals surface area contributed by atoms with Crippen molar-refractivity contribution in [2.45, 2.75) is 58.6 Å². The molecule has 212 valence electrons. The minimum absolute atomic E-state index is 0.0278. The molecule has 0 spiro atoms. The van der Waals surface area contributed by atoms with Crippen molar-refractivity contribution in [3.8, 4) is 11.3 Å². The molecule has 2 N–H and O–H groups in total. The summed E-state index contributed by atoms with van der Waals surface area (Å²) in [5, 5.41) is 13.4. The summed E-state index contributed by atoms with van der Waals surface area (Å²) in [6, 6.07) is 8.59. The lowest BCUT2D eigenvalue weighted by atomic mass is 9.84. The van der Waals surface area contributed by atoms with Crippen molar-refractivity contribution in [3.63, 3.8) is 0 Å². The molecule has 5 rings (SSSR count). The molecule has 0 radical (unpaired) electrons. The fourth-order valence-electron chi connectivity index (χ4n) is 6.43. The quantitative estimate of drug-likeness (QED) is 0.517. The molecule has 39 heavy (non-hydrogen) atoms. The van der Waals surface area contributed by atoms with Gasteiger partial charge in [-0.05, 0) is 56.1 Å². The van der Waals surface area contributed by atoms with E-state index in [9.17, 15) is 5.11 Å². The molecule has 7 heteroatoms. The zero-order chi connectivity index (χ0) is 27.2. The van der Waals surface area contributed by atoms with Gasteiger partial charge in [-0.2, -0.15) is 0 Å². The topological polar surface area (TPSA) is 70.5 Å². The van der Waals surface area contributed by atoms with Gasteiger partial charge in [0.1, 0.15) is 11.6 Å². The van der Waals surface area contributed by atoms with Gasteiger partial charge in [-0.25, -0.2) is 9.97 Å². The van der Waals surface area contributed by atoms with E-state index in [0.29, 0.717) is 17.9 Å². The molecule has 0 amide bonds. The number of quaternary nitrogens is 1. The Labute approximate surface area is 234 Å². The number of fused-ring (bicyclic) bond motifs is 1. The number of hydrogen-bond donors (Lipinski definition) is 2. The van der Waals surface area contributed by atoms with Crippen molar-refractivity contribution in [3.05, 3.63) is 47.3 Å². The van der Waals surface area contributed by atoms with Crippen LogP contribution in [0.4, 0.5) is 5.82 Å². The van der Waals surface area contributed by atoms with Crippen LogP contribution in [0.2, 0.25) is 0 Å². The van der Waals surface area contributed by atoms with Crippen molar-refractivity contribution in [1.29, 1.82) is 0 Å². The maximum Gasteiger partial charge on any atom is 0.140 e. The standard InChI is InChI=1S/C32H48N5O2/c1-24-12-20-39-19-6-10-27(24)22-30-34-31(28-9-5-8-26(21-28)23-38)29-11-4-7-25(2)36(32(29)35-30)15-18-37(3)16-13-33-14-17-37/h4-5,8-9,11,21,24-25,27,33,38H,6-7,10,12-20,22-23H2,1-3H3/q+1. The molecule has 2 saturated heterocycles. The SMILES string of the molecule is CC1CCOCCCC1Cc1nc(-c2cccc(CO)c2)c2c(n1)N(CC[N+]1(C)CCNCC1)C(C)CC=C2. The molecular weight excluding hydrogens is 486 g/mol. The van der Waals surface area contributed by atoms with Crippen LogP contribution in [0.1, 0.15) is 56.5 Å². The predicted octanol–water partition coefficient (Wildman–Crippen LogP) is 4.29. The zero-order valence-corrected chi connectivity index (χ0v) is 24.2. The normalized spacial score (nSPS) is 25.4. The monoisotopic (exact) mass is 534 g/mol. The Morgan fingerprint density at radius 1 is 1.13 bits per heavy atom. The Morgan fingerprint density at radius 3 is 2.79 bits per heavy atom. The third-order valence-corrected chi connectivity index (χ3v) is 9.29. The molecule has 0 bridgehead atoms. The van der Waals surface area contributed by atoms with E-state index in [0.717, 1.165) is 110 Å². The average Bonchev–Trinajstić information content (AvgIpc) is 3.09. The molecule has 1 aromatic heterocycles. The van der Waals surface area contributed by atoms with E-state index < -0.39 is 0 Å². The van der Waals surface area contributed by atoms with E-state index in [-0.39, 0.29) is 6.61 Å². The summed E-state index contributed by atoms with van der Waals surface area (Å²) in [5.41, 5.74) is 4.07. The van der Waals surface area contributed by atoms with Gasteiger partial charge in [0.25, 0.3) is 0 Å². The van der Waals surface area contributed by atoms with Gasteiger partial charge >= 0.3 is 0 Å². The maximum absolute atomic E-state index is 9.87. The molecule has 3 unspecified atom stereocenters. The van der Waals surface area contributed by atoms with Crippen LogP contribution in [-0.2, 0) is 17.8 Å². The molecule has 0 saturated carbocycles. The Morgan fingerprint density at radius 2 is 1.97 bits per heavy atom. The Hall–Kier alpha value is -2.32. The molecular formula is C32H48N5O2+. The van der Waals surface area contributed by atoms with Gasteiger partial charge in [0.05, 0.1) is 45.5 Å². The number of anilines is 1. The van der Waals surface area contributed by atoms with Crippen molar-refractivity contribution >= 4 is 11.9 Å². The number of hydrogen-bond acceptors (Lipinski definition) is 6. The molecule has 7 nitrogen and oxygen atoms in total. The lowest BCUT2D eigenvalue weighted by Crippen LogP contribution is -2.58. The van der Waals surface area contributed by atoms with Gasteiger partial charge in [-0.15, -0.1) is 0 Å². The van der Waals surface area contributed by atoms with Crippen LogP contribution in [-0.4, -0.2) is 85.1 Å². The van der Waals surface area contributed by atoms with Crippen molar-refractivity contribution in [1.82, 2.24) is 15.3 Å². The minimum atomic E-state index is 0.0278. The number of benzene rings is 1. The highest BCUT2D eigenvalue weighted by molar-refractivity contribution is 5.80. The molecule has 3 atom stereocenters. The number of likely N-dealkylation sites (N-methyl/N-ethyl adjacent to an activating group) is 1. The third-order valence-electron chi connectivity index (χ3n) is 9.29. The zero-order valence-electron chi connectivity index (χ0n) is 24.2. The van der Waals surface area contributed by atoms with Crippen LogP contribution in [0.15, 0.2) is 30.3 Å². The minimum Gasteiger partial charge on any atom is -0.392 e. The number of aliphatic hydroxyl groups excluding tert-OH is 1. The van der Waals surface area contributed by atoms with Crippen molar-refractivity contribution in [2.24, 2.45) is 11.8 Å². The smallest absolute Gasteiger partial charge is 0.140 e. The summed E-state index contributed by atoms with van der Waals surface area (Å²) < 4.78 is 6.87. The highest BCUT2D eigenvalue weighted by Gasteiger charge is 2.30. The number of nitrogens with zero attached hydrogens (tertiary/aromatic N) is 4. The second kappa shape index (κ2) is 12.9. The van der Waals surface area contributed by atoms with Gasteiger partial charge < -0.3 is 24.5 Å². The number of piperazine rings is 1. The molecule has 0 aliphatic carbocycles. The van der Waals surface area contributed by atoms with E-state index in [2.05, 4.69) is 55.4 Å². The number of rotatable bonds is 7. The molecule has 1 aromatic carbocycles. The first kappa shape index (κ1) is 28.2. The fraction of sp³-hybridized carbons (Fsp3) is 0.625. The highest BCUT2D eigenvalue weighted by atomic mass is 16.5. The number of ether oxygens (including phenoxy) is 1. The Kier molecular flexibility index (Phi) is 9.33. The van der Waals surface area contributed by atoms with Gasteiger partial charge in [-0.3, -0.25) is 0 Å². The Bertz CT molecular complexity index is 1130. The predicted molar refractivity (Wildman–Crippen MR) is 159 cm³/mol. The molecule has 4 heterocycles. The number of aromatic nitrogens is 2. The van der Waals surface area contributed by atoms with E-state index in [1.165, 1.54) is 13.1 Å². The van der Waals surface area contributed by atoms with E-state index in [1.807, 2.05) is 12.1 Å². The van der Waals surface area contributed by atoms with Gasteiger partial charge in [0.2, 0.25) is 0 Å². The first-order valence-corrected chi connectivity index (χ1v) is 15.1. The van der Waals surface area contributed by atoms with Crippen LogP contribution in [0, 0.1) is 11.8 Å². The van der Waals surface area contributed by atoms with E-state index in [4.69, 9.17) is 14.7 Å². The summed E-state index contributed by atoms with van der Waals surface area (Å²) in [7, 11) is 2.40. The number of aliphatic hydroxyl groups is 1. The largest absolute Gasteiger partial charge is 0.392 e. The van der Waals surface area contributed by atoms with Gasteiger partial charge in [0.15, 0.2) is 0 Å². The summed E-state index contributed by atoms with van der Waals surface area (Å²) >= 11 is 0. The molecule has 2 fully saturated rings. The molecule has 3 aliphatic heterocycles. The van der Waals surface area contributed by atoms with Crippen LogP contribution >= 0.6 is 0 Å². The van der Waals surface area contributed by atoms with Crippen LogP contribution in [0.3, 0.4) is 0 Å². The molecule has 2 aromatic rings. The van der Waals surface area contributed by atoms with E-state index in [1.54, 1.807) is 0 Å². The third kappa shape index (κ3) is 6.88. The highest BCUT2D eigenvalue weighted by Crippen LogP contribution is 2.36. The summed E-state index contributed by atoms with van der Waals surface area (Å²) in [4.78, 5) is 13.2. The fourth-order valence-corrected chi connectivity index (χ4v) is 6.43. The van der Waals surface area contributed by atoms with Crippen LogP contribution in [0.5, 0.6) is 0 Å². The van der Waals surface area contributed by atoms with Gasteiger partial charge in [-0.1, -0.05) is 37.3 Å². The van der Waals surface area contributed by atoms with Crippen molar-refractivity contribution in [2.75, 3.05) is 64.4 Å². The van der Waals surface area contributed by atoms with Crippen molar-refractivity contribution < 1.29 is 14.3 Å². The Balaban J connectivity index is 1.54.